The molecule has 0 bridgehead atoms. The summed E-state index contributed by atoms with van der Waals surface area (Å²) in [5.41, 5.74) is 0.546. The summed E-state index contributed by atoms with van der Waals surface area (Å²) in [6.07, 6.45) is 0. The minimum atomic E-state index is -0.710. The first-order valence-corrected chi connectivity index (χ1v) is 10.3. The quantitative estimate of drug-likeness (QED) is 0.416. The fourth-order valence-electron chi connectivity index (χ4n) is 3.05. The maximum atomic E-state index is 14.4. The number of ether oxygens (including phenoxy) is 2. The van der Waals surface area contributed by atoms with Crippen molar-refractivity contribution >= 4 is 27.5 Å². The number of hydrogen-bond acceptors (Lipinski definition) is 4. The number of methoxy groups -OCH3 is 1. The summed E-state index contributed by atoms with van der Waals surface area (Å²) < 4.78 is 40.7. The van der Waals surface area contributed by atoms with Gasteiger partial charge in [0, 0.05) is 25.3 Å². The van der Waals surface area contributed by atoms with Crippen LogP contribution in [0.4, 0.5) is 8.78 Å². The highest BCUT2D eigenvalue weighted by atomic mass is 32.1. The number of benzene rings is 3. The van der Waals surface area contributed by atoms with Crippen molar-refractivity contribution in [2.45, 2.75) is 6.54 Å². The van der Waals surface area contributed by atoms with E-state index in [4.69, 9.17) is 9.47 Å². The number of para-hydroxylation sites is 1. The number of nitrogens with zero attached hydrogens (tertiary/aromatic N) is 2. The third kappa shape index (κ3) is 4.70. The Morgan fingerprint density at radius 2 is 1.74 bits per heavy atom. The molecule has 4 aromatic rings. The van der Waals surface area contributed by atoms with Crippen molar-refractivity contribution in [3.05, 3.63) is 88.7 Å². The van der Waals surface area contributed by atoms with E-state index in [-0.39, 0.29) is 23.5 Å². The number of fused-ring (bicyclic) bond motifs is 1. The molecule has 0 saturated heterocycles. The highest BCUT2D eigenvalue weighted by Gasteiger charge is 2.14. The first-order chi connectivity index (χ1) is 15.0. The Hall–Kier alpha value is -3.36. The molecule has 0 saturated carbocycles. The van der Waals surface area contributed by atoms with Crippen molar-refractivity contribution in [2.75, 3.05) is 13.7 Å². The van der Waals surface area contributed by atoms with E-state index in [2.05, 4.69) is 4.99 Å². The summed E-state index contributed by atoms with van der Waals surface area (Å²) in [6.45, 7) is 0.560. The van der Waals surface area contributed by atoms with Crippen molar-refractivity contribution in [1.29, 1.82) is 0 Å². The molecule has 1 amide bonds. The lowest BCUT2D eigenvalue weighted by Gasteiger charge is -2.06. The van der Waals surface area contributed by atoms with E-state index in [1.165, 1.54) is 17.7 Å². The van der Waals surface area contributed by atoms with Crippen molar-refractivity contribution in [2.24, 2.45) is 4.99 Å². The minimum Gasteiger partial charge on any atom is -0.457 e. The summed E-state index contributed by atoms with van der Waals surface area (Å²) in [7, 11) is 1.52. The maximum absolute atomic E-state index is 14.4. The van der Waals surface area contributed by atoms with E-state index >= 15 is 0 Å². The van der Waals surface area contributed by atoms with Gasteiger partial charge in [-0.15, -0.1) is 0 Å². The number of thiazole rings is 1. The Kier molecular flexibility index (Phi) is 6.20. The summed E-state index contributed by atoms with van der Waals surface area (Å²) in [5, 5.41) is 0. The van der Waals surface area contributed by atoms with Crippen molar-refractivity contribution in [1.82, 2.24) is 4.57 Å². The number of aromatic nitrogens is 1. The lowest BCUT2D eigenvalue weighted by Crippen LogP contribution is -2.19. The average molecular weight is 440 g/mol. The smallest absolute Gasteiger partial charge is 0.279 e. The van der Waals surface area contributed by atoms with E-state index < -0.39 is 17.5 Å². The Bertz CT molecular complexity index is 1280. The van der Waals surface area contributed by atoms with Crippen molar-refractivity contribution in [3.8, 4) is 11.5 Å². The molecule has 0 spiro atoms. The predicted octanol–water partition coefficient (Wildman–Crippen LogP) is 5.16. The van der Waals surface area contributed by atoms with Crippen LogP contribution in [0.1, 0.15) is 10.4 Å². The molecule has 0 aliphatic rings. The number of halogens is 2. The zero-order chi connectivity index (χ0) is 21.8. The normalized spacial score (nSPS) is 11.8. The molecule has 0 N–H and O–H groups in total. The molecule has 0 atom stereocenters. The SMILES string of the molecule is COCCn1c(=NC(=O)c2ccc(Oc3ccccc3)cc2)sc2cc(F)cc(F)c21. The number of rotatable bonds is 6. The van der Waals surface area contributed by atoms with Crippen LogP contribution in [0.5, 0.6) is 11.5 Å². The molecule has 158 valence electrons. The molecule has 31 heavy (non-hydrogen) atoms. The molecular formula is C23H18F2N2O3S. The van der Waals surface area contributed by atoms with Crippen molar-refractivity contribution < 1.29 is 23.0 Å². The van der Waals surface area contributed by atoms with Gasteiger partial charge in [0.2, 0.25) is 0 Å². The van der Waals surface area contributed by atoms with Gasteiger partial charge in [0.1, 0.15) is 17.3 Å². The van der Waals surface area contributed by atoms with Crippen LogP contribution in [0.3, 0.4) is 0 Å². The predicted molar refractivity (Wildman–Crippen MR) is 114 cm³/mol. The first kappa shape index (κ1) is 20.9. The third-order valence-corrected chi connectivity index (χ3v) is 5.52. The lowest BCUT2D eigenvalue weighted by molar-refractivity contribution is 0.0997. The van der Waals surface area contributed by atoms with Crippen LogP contribution in [-0.2, 0) is 11.3 Å². The summed E-state index contributed by atoms with van der Waals surface area (Å²) >= 11 is 1.05. The van der Waals surface area contributed by atoms with Gasteiger partial charge in [-0.05, 0) is 42.5 Å². The van der Waals surface area contributed by atoms with Gasteiger partial charge in [-0.2, -0.15) is 4.99 Å². The molecule has 0 aliphatic heterocycles. The van der Waals surface area contributed by atoms with Crippen LogP contribution in [0.15, 0.2) is 71.7 Å². The Morgan fingerprint density at radius 3 is 2.45 bits per heavy atom. The summed E-state index contributed by atoms with van der Waals surface area (Å²) in [5.74, 6) is -0.622. The second kappa shape index (κ2) is 9.20. The largest absolute Gasteiger partial charge is 0.457 e. The maximum Gasteiger partial charge on any atom is 0.279 e. The molecular weight excluding hydrogens is 422 g/mol. The van der Waals surface area contributed by atoms with Gasteiger partial charge in [-0.25, -0.2) is 8.78 Å². The third-order valence-electron chi connectivity index (χ3n) is 4.49. The van der Waals surface area contributed by atoms with Crippen LogP contribution in [0, 0.1) is 11.6 Å². The van der Waals surface area contributed by atoms with Gasteiger partial charge < -0.3 is 14.0 Å². The van der Waals surface area contributed by atoms with Gasteiger partial charge >= 0.3 is 0 Å². The number of hydrogen-bond donors (Lipinski definition) is 0. The van der Waals surface area contributed by atoms with Crippen molar-refractivity contribution in [3.63, 3.8) is 0 Å². The molecule has 0 aliphatic carbocycles. The van der Waals surface area contributed by atoms with E-state index in [1.807, 2.05) is 30.3 Å². The Morgan fingerprint density at radius 1 is 1.03 bits per heavy atom. The summed E-state index contributed by atoms with van der Waals surface area (Å²) in [6, 6.07) is 17.9. The molecule has 1 heterocycles. The zero-order valence-electron chi connectivity index (χ0n) is 16.5. The fraction of sp³-hybridized carbons (Fsp3) is 0.130. The second-order valence-electron chi connectivity index (χ2n) is 6.62. The number of amides is 1. The van der Waals surface area contributed by atoms with E-state index in [1.54, 1.807) is 24.3 Å². The van der Waals surface area contributed by atoms with Gasteiger partial charge in [0.15, 0.2) is 10.6 Å². The summed E-state index contributed by atoms with van der Waals surface area (Å²) in [4.78, 5) is 17.2. The van der Waals surface area contributed by atoms with E-state index in [0.717, 1.165) is 17.4 Å². The molecule has 5 nitrogen and oxygen atoms in total. The highest BCUT2D eigenvalue weighted by Crippen LogP contribution is 2.23. The zero-order valence-corrected chi connectivity index (χ0v) is 17.4. The molecule has 3 aromatic carbocycles. The van der Waals surface area contributed by atoms with Crippen LogP contribution in [0.2, 0.25) is 0 Å². The van der Waals surface area contributed by atoms with Gasteiger partial charge in [0.05, 0.1) is 16.8 Å². The molecule has 0 fully saturated rings. The Balaban J connectivity index is 1.66. The Labute approximate surface area is 180 Å². The van der Waals surface area contributed by atoms with E-state index in [9.17, 15) is 13.6 Å². The van der Waals surface area contributed by atoms with Crippen LogP contribution in [-0.4, -0.2) is 24.2 Å². The van der Waals surface area contributed by atoms with Crippen LogP contribution >= 0.6 is 11.3 Å². The monoisotopic (exact) mass is 440 g/mol. The molecule has 0 radical (unpaired) electrons. The minimum absolute atomic E-state index is 0.196. The van der Waals surface area contributed by atoms with Gasteiger partial charge in [0.25, 0.3) is 5.91 Å². The molecule has 4 rings (SSSR count). The van der Waals surface area contributed by atoms with E-state index in [0.29, 0.717) is 21.8 Å². The fourth-order valence-corrected chi connectivity index (χ4v) is 4.14. The van der Waals surface area contributed by atoms with Crippen LogP contribution in [0.25, 0.3) is 10.2 Å². The second-order valence-corrected chi connectivity index (χ2v) is 7.63. The molecule has 1 aromatic heterocycles. The number of carbonyl (C=O) groups excluding carboxylic acids is 1. The topological polar surface area (TPSA) is 52.8 Å². The first-order valence-electron chi connectivity index (χ1n) is 9.44. The average Bonchev–Trinajstić information content (AvgIpc) is 3.10. The highest BCUT2D eigenvalue weighted by molar-refractivity contribution is 7.16. The lowest BCUT2D eigenvalue weighted by atomic mass is 10.2. The van der Waals surface area contributed by atoms with Gasteiger partial charge in [-0.3, -0.25) is 4.79 Å². The standard InChI is InChI=1S/C23H18F2N2O3S/c1-29-12-11-27-21-19(25)13-16(24)14-20(21)31-23(27)26-22(28)15-7-9-18(10-8-15)30-17-5-3-2-4-6-17/h2-10,13-14H,11-12H2,1H3. The van der Waals surface area contributed by atoms with Crippen LogP contribution < -0.4 is 9.54 Å². The number of carbonyl (C=O) groups is 1. The van der Waals surface area contributed by atoms with Gasteiger partial charge in [-0.1, -0.05) is 29.5 Å². The molecule has 0 unspecified atom stereocenters. The molecule has 8 heteroatoms.